The zero-order chi connectivity index (χ0) is 34.5. The summed E-state index contributed by atoms with van der Waals surface area (Å²) >= 11 is 0. The Hall–Kier alpha value is -4.51. The molecule has 260 valence electrons. The normalized spacial score (nSPS) is 17.8. The molecule has 49 heavy (non-hydrogen) atoms. The number of methoxy groups -OCH3 is 1. The minimum Gasteiger partial charge on any atom is -0.496 e. The molecule has 5 rings (SSSR count). The van der Waals surface area contributed by atoms with Gasteiger partial charge in [0.1, 0.15) is 17.1 Å². The van der Waals surface area contributed by atoms with E-state index in [2.05, 4.69) is 22.1 Å². The van der Waals surface area contributed by atoms with Gasteiger partial charge in [-0.15, -0.1) is 0 Å². The Balaban J connectivity index is 1.27. The number of benzene rings is 2. The largest absolute Gasteiger partial charge is 0.496 e. The third-order valence-electron chi connectivity index (χ3n) is 8.01. The molecule has 1 fully saturated rings. The van der Waals surface area contributed by atoms with E-state index in [0.717, 1.165) is 40.4 Å². The fourth-order valence-electron chi connectivity index (χ4n) is 5.69. The van der Waals surface area contributed by atoms with E-state index in [9.17, 15) is 4.79 Å². The second kappa shape index (κ2) is 17.8. The van der Waals surface area contributed by atoms with Crippen LogP contribution in [0.15, 0.2) is 97.3 Å². The summed E-state index contributed by atoms with van der Waals surface area (Å²) in [6.45, 7) is 8.41. The molecule has 0 radical (unpaired) electrons. The minimum absolute atomic E-state index is 0.191. The van der Waals surface area contributed by atoms with Gasteiger partial charge in [-0.2, -0.15) is 0 Å². The maximum Gasteiger partial charge on any atom is 0.410 e. The molecule has 2 atom stereocenters. The zero-order valence-electron chi connectivity index (χ0n) is 28.8. The summed E-state index contributed by atoms with van der Waals surface area (Å²) in [6, 6.07) is 27.3. The molecule has 1 aliphatic rings. The van der Waals surface area contributed by atoms with E-state index in [1.165, 1.54) is 0 Å². The van der Waals surface area contributed by atoms with Crippen molar-refractivity contribution in [1.29, 1.82) is 0 Å². The van der Waals surface area contributed by atoms with Gasteiger partial charge in [0.25, 0.3) is 0 Å². The van der Waals surface area contributed by atoms with E-state index in [1.807, 2.05) is 93.6 Å². The van der Waals surface area contributed by atoms with E-state index >= 15 is 0 Å². The summed E-state index contributed by atoms with van der Waals surface area (Å²) < 4.78 is 36.2. The first-order valence-electron chi connectivity index (χ1n) is 16.7. The van der Waals surface area contributed by atoms with Crippen molar-refractivity contribution in [1.82, 2.24) is 14.9 Å². The van der Waals surface area contributed by atoms with Crippen LogP contribution in [0.2, 0.25) is 0 Å². The molecule has 1 amide bonds. The predicted octanol–water partition coefficient (Wildman–Crippen LogP) is 6.98. The van der Waals surface area contributed by atoms with Gasteiger partial charge in [-0.1, -0.05) is 42.5 Å². The van der Waals surface area contributed by atoms with Gasteiger partial charge in [0.05, 0.1) is 76.8 Å². The molecule has 0 N–H and O–H groups in total. The van der Waals surface area contributed by atoms with Crippen LogP contribution in [-0.2, 0) is 38.8 Å². The van der Waals surface area contributed by atoms with Crippen LogP contribution in [0, 0.1) is 0 Å². The highest BCUT2D eigenvalue weighted by Crippen LogP contribution is 2.35. The quantitative estimate of drug-likeness (QED) is 0.124. The van der Waals surface area contributed by atoms with Crippen LogP contribution in [0.25, 0.3) is 0 Å². The lowest BCUT2D eigenvalue weighted by atomic mass is 9.84. The summed E-state index contributed by atoms with van der Waals surface area (Å²) in [5.74, 6) is 1.39. The van der Waals surface area contributed by atoms with Crippen molar-refractivity contribution in [2.45, 2.75) is 70.7 Å². The Labute approximate surface area is 289 Å². The lowest BCUT2D eigenvalue weighted by Crippen LogP contribution is -2.55. The molecule has 10 heteroatoms. The number of amides is 1. The van der Waals surface area contributed by atoms with Gasteiger partial charge >= 0.3 is 6.09 Å². The van der Waals surface area contributed by atoms with Gasteiger partial charge in [-0.05, 0) is 68.8 Å². The van der Waals surface area contributed by atoms with Crippen molar-refractivity contribution < 1.29 is 33.2 Å². The fourth-order valence-corrected chi connectivity index (χ4v) is 5.69. The number of hydrogen-bond donors (Lipinski definition) is 0. The zero-order valence-corrected chi connectivity index (χ0v) is 28.8. The molecule has 1 aliphatic heterocycles. The molecular weight excluding hydrogens is 622 g/mol. The summed E-state index contributed by atoms with van der Waals surface area (Å²) in [5, 5.41) is 0. The van der Waals surface area contributed by atoms with Gasteiger partial charge in [0.15, 0.2) is 0 Å². The number of hydrogen-bond acceptors (Lipinski definition) is 9. The summed E-state index contributed by atoms with van der Waals surface area (Å²) in [7, 11) is 1.66. The number of rotatable bonds is 15. The molecule has 0 saturated carbocycles. The number of para-hydroxylation sites is 1. The maximum absolute atomic E-state index is 13.3. The monoisotopic (exact) mass is 669 g/mol. The molecule has 3 heterocycles. The molecule has 2 aromatic heterocycles. The van der Waals surface area contributed by atoms with Crippen LogP contribution in [0.3, 0.4) is 0 Å². The van der Waals surface area contributed by atoms with Crippen LogP contribution in [0.1, 0.15) is 55.6 Å². The van der Waals surface area contributed by atoms with Gasteiger partial charge in [-0.3, -0.25) is 9.97 Å². The number of pyridine rings is 2. The van der Waals surface area contributed by atoms with Crippen LogP contribution < -0.4 is 9.47 Å². The van der Waals surface area contributed by atoms with Gasteiger partial charge < -0.3 is 33.3 Å². The first-order chi connectivity index (χ1) is 23.8. The third-order valence-corrected chi connectivity index (χ3v) is 8.01. The Morgan fingerprint density at radius 1 is 0.776 bits per heavy atom. The van der Waals surface area contributed by atoms with E-state index in [1.54, 1.807) is 24.4 Å². The standard InChI is InChI=1S/C39H47N3O7/c1-39(2,3)49-38(43)42-24-35(47-27-31-13-7-9-20-40-31)37(36(25-42)48-28-32-14-8-10-21-41-32)29-16-18-33(19-17-29)46-23-11-22-45-26-30-12-5-6-15-34(30)44-4/h5-10,12-21,35-37H,11,22-28H2,1-4H3. The molecule has 1 saturated heterocycles. The summed E-state index contributed by atoms with van der Waals surface area (Å²) in [6.07, 6.45) is 3.03. The average Bonchev–Trinajstić information content (AvgIpc) is 3.11. The van der Waals surface area contributed by atoms with Crippen molar-refractivity contribution in [3.8, 4) is 11.5 Å². The van der Waals surface area contributed by atoms with Crippen molar-refractivity contribution >= 4 is 6.09 Å². The number of aromatic nitrogens is 2. The van der Waals surface area contributed by atoms with Gasteiger partial charge in [0, 0.05) is 30.3 Å². The Morgan fingerprint density at radius 3 is 1.96 bits per heavy atom. The van der Waals surface area contributed by atoms with Gasteiger partial charge in [-0.25, -0.2) is 4.79 Å². The highest BCUT2D eigenvalue weighted by atomic mass is 16.6. The number of ether oxygens (including phenoxy) is 6. The van der Waals surface area contributed by atoms with E-state index in [0.29, 0.717) is 32.9 Å². The molecular formula is C39H47N3O7. The molecule has 2 unspecified atom stereocenters. The first-order valence-corrected chi connectivity index (χ1v) is 16.7. The predicted molar refractivity (Wildman–Crippen MR) is 185 cm³/mol. The molecule has 2 aromatic carbocycles. The second-order valence-electron chi connectivity index (χ2n) is 12.9. The van der Waals surface area contributed by atoms with Crippen molar-refractivity contribution in [2.75, 3.05) is 33.4 Å². The first kappa shape index (κ1) is 35.8. The molecule has 10 nitrogen and oxygen atoms in total. The highest BCUT2D eigenvalue weighted by molar-refractivity contribution is 5.68. The van der Waals surface area contributed by atoms with Crippen LogP contribution in [0.4, 0.5) is 4.79 Å². The van der Waals surface area contributed by atoms with Crippen molar-refractivity contribution in [3.63, 3.8) is 0 Å². The van der Waals surface area contributed by atoms with E-state index in [-0.39, 0.29) is 19.1 Å². The molecule has 4 aromatic rings. The third kappa shape index (κ3) is 11.0. The van der Waals surface area contributed by atoms with Crippen LogP contribution in [0.5, 0.6) is 11.5 Å². The molecule has 0 spiro atoms. The van der Waals surface area contributed by atoms with E-state index < -0.39 is 23.9 Å². The Bertz CT molecular complexity index is 1510. The topological polar surface area (TPSA) is 101 Å². The lowest BCUT2D eigenvalue weighted by molar-refractivity contribution is -0.101. The molecule has 0 aliphatic carbocycles. The second-order valence-corrected chi connectivity index (χ2v) is 12.9. The number of piperidine rings is 1. The minimum atomic E-state index is -0.639. The van der Waals surface area contributed by atoms with Crippen LogP contribution >= 0.6 is 0 Å². The SMILES string of the molecule is COc1ccccc1COCCCOc1ccc(C2C(OCc3ccccn3)CN(C(=O)OC(C)(C)C)CC2OCc2ccccn2)cc1. The fraction of sp³-hybridized carbons (Fsp3) is 0.410. The number of likely N-dealkylation sites (tertiary alicyclic amines) is 1. The Morgan fingerprint density at radius 2 is 1.39 bits per heavy atom. The van der Waals surface area contributed by atoms with Crippen molar-refractivity contribution in [2.24, 2.45) is 0 Å². The average molecular weight is 670 g/mol. The van der Waals surface area contributed by atoms with Crippen molar-refractivity contribution in [3.05, 3.63) is 120 Å². The lowest BCUT2D eigenvalue weighted by Gasteiger charge is -2.43. The Kier molecular flexibility index (Phi) is 13.0. The van der Waals surface area contributed by atoms with Gasteiger partial charge in [0.2, 0.25) is 0 Å². The number of carbonyl (C=O) groups is 1. The number of carbonyl (C=O) groups excluding carboxylic acids is 1. The molecule has 0 bridgehead atoms. The number of nitrogens with zero attached hydrogens (tertiary/aromatic N) is 3. The highest BCUT2D eigenvalue weighted by Gasteiger charge is 2.42. The summed E-state index contributed by atoms with van der Waals surface area (Å²) in [4.78, 5) is 23.9. The summed E-state index contributed by atoms with van der Waals surface area (Å²) in [5.41, 5.74) is 3.01. The maximum atomic E-state index is 13.3. The smallest absolute Gasteiger partial charge is 0.410 e. The van der Waals surface area contributed by atoms with Crippen LogP contribution in [-0.4, -0.2) is 72.2 Å². The van der Waals surface area contributed by atoms with E-state index in [4.69, 9.17) is 28.4 Å².